The number of nitrogens with two attached hydrogens (primary N) is 1. The summed E-state index contributed by atoms with van der Waals surface area (Å²) >= 11 is 0. The van der Waals surface area contributed by atoms with Gasteiger partial charge in [-0.15, -0.1) is 0 Å². The Balaban J connectivity index is 0.000000268. The van der Waals surface area contributed by atoms with E-state index < -0.39 is 39.3 Å². The number of aliphatic hydroxyl groups is 1. The number of ether oxygens (including phenoxy) is 11. The zero-order valence-electron chi connectivity index (χ0n) is 51.0. The number of nitrogens with zero attached hydrogens (tertiary/aromatic N) is 1. The maximum Gasteiger partial charge on any atom is 0.513 e. The van der Waals surface area contributed by atoms with Crippen LogP contribution in [0.4, 0.5) is 15.3 Å². The summed E-state index contributed by atoms with van der Waals surface area (Å²) in [5, 5.41) is 21.6. The second kappa shape index (κ2) is 33.7. The van der Waals surface area contributed by atoms with Crippen molar-refractivity contribution >= 4 is 40.0 Å². The van der Waals surface area contributed by atoms with Gasteiger partial charge in [0.15, 0.2) is 45.1 Å². The smallest absolute Gasteiger partial charge is 0.497 e. The number of hydrogen-bond donors (Lipinski definition) is 3. The minimum Gasteiger partial charge on any atom is -0.497 e. The minimum atomic E-state index is -2.63. The molecule has 25 nitrogen and oxygen atoms in total. The Kier molecular flexibility index (Phi) is 28.0. The van der Waals surface area contributed by atoms with Gasteiger partial charge in [-0.2, -0.15) is 0 Å². The summed E-state index contributed by atoms with van der Waals surface area (Å²) in [5.41, 5.74) is 14.2. The molecule has 2 atom stereocenters. The Labute approximate surface area is 501 Å². The summed E-state index contributed by atoms with van der Waals surface area (Å²) in [4.78, 5) is 33.7. The van der Waals surface area contributed by atoms with E-state index in [1.54, 1.807) is 56.9 Å². The van der Waals surface area contributed by atoms with Crippen molar-refractivity contribution in [3.8, 4) is 74.0 Å². The van der Waals surface area contributed by atoms with E-state index in [0.717, 1.165) is 63.1 Å². The highest BCUT2D eigenvalue weighted by Gasteiger charge is 2.31. The summed E-state index contributed by atoms with van der Waals surface area (Å²) in [6, 6.07) is 20.2. The molecule has 0 spiro atoms. The number of carbonyl (C=O) groups excluding carboxylic acids is 2. The molecular weight excluding hydrogens is 1180 g/mol. The molecule has 0 radical (unpaired) electrons. The number of aliphatic hydroxyl groups excluding tert-OH is 1. The van der Waals surface area contributed by atoms with E-state index in [0.29, 0.717) is 53.1 Å². The van der Waals surface area contributed by atoms with Crippen LogP contribution in [0.1, 0.15) is 47.2 Å². The van der Waals surface area contributed by atoms with Gasteiger partial charge in [0.2, 0.25) is 11.5 Å². The summed E-state index contributed by atoms with van der Waals surface area (Å²) in [7, 11) is 5.31. The van der Waals surface area contributed by atoms with Crippen molar-refractivity contribution in [3.05, 3.63) is 105 Å². The zero-order valence-corrected chi connectivity index (χ0v) is 53.7. The molecule has 474 valence electrons. The monoisotopic (exact) mass is 1260 g/mol. The molecule has 0 unspecified atom stereocenters. The molecule has 0 aliphatic heterocycles. The van der Waals surface area contributed by atoms with E-state index in [2.05, 4.69) is 14.6 Å². The molecule has 0 heterocycles. The van der Waals surface area contributed by atoms with Gasteiger partial charge in [-0.25, -0.2) is 9.59 Å². The molecule has 0 saturated carbocycles. The average Bonchev–Trinajstić information content (AvgIpc) is 1.51. The largest absolute Gasteiger partial charge is 0.513 e. The number of nitro benzene ring substituents is 1. The Morgan fingerprint density at radius 1 is 0.558 bits per heavy atom. The van der Waals surface area contributed by atoms with Crippen LogP contribution in [0.25, 0.3) is 22.3 Å². The number of hydrogen-bond acceptors (Lipinski definition) is 23. The van der Waals surface area contributed by atoms with Gasteiger partial charge in [-0.05, 0) is 108 Å². The number of fused-ring (bicyclic) bond motifs is 6. The van der Waals surface area contributed by atoms with E-state index in [9.17, 15) is 33.4 Å². The van der Waals surface area contributed by atoms with Gasteiger partial charge < -0.3 is 81.8 Å². The molecule has 0 bridgehead atoms. The van der Waals surface area contributed by atoms with Crippen molar-refractivity contribution in [2.75, 3.05) is 137 Å². The van der Waals surface area contributed by atoms with E-state index in [1.165, 1.54) is 64.3 Å². The van der Waals surface area contributed by atoms with Crippen LogP contribution in [-0.4, -0.2) is 159 Å². The van der Waals surface area contributed by atoms with Crippen LogP contribution >= 0.6 is 22.1 Å². The van der Waals surface area contributed by atoms with Crippen LogP contribution in [0.3, 0.4) is 0 Å². The number of nitrogens with one attached hydrogen (secondary N) is 1. The number of rotatable bonds is 22. The Morgan fingerprint density at radius 2 is 0.988 bits per heavy atom. The van der Waals surface area contributed by atoms with Crippen molar-refractivity contribution in [1.82, 2.24) is 5.32 Å². The number of aryl methyl sites for hydroxylation is 2. The maximum absolute atomic E-state index is 12.6. The second-order valence-corrected chi connectivity index (χ2v) is 28.0. The number of non-ortho nitro benzene ring substituents is 1. The quantitative estimate of drug-likeness (QED) is 0.0145. The number of alkyl carbamates (subject to hydrolysis) is 1. The molecule has 0 aromatic heterocycles. The van der Waals surface area contributed by atoms with Gasteiger partial charge in [0.1, 0.15) is 30.5 Å². The number of amides is 1. The van der Waals surface area contributed by atoms with Crippen molar-refractivity contribution in [2.24, 2.45) is 5.73 Å². The molecule has 86 heavy (non-hydrogen) atoms. The van der Waals surface area contributed by atoms with Gasteiger partial charge in [-0.1, -0.05) is 12.1 Å². The van der Waals surface area contributed by atoms with Crippen LogP contribution < -0.4 is 53.7 Å². The molecule has 0 saturated heterocycles. The summed E-state index contributed by atoms with van der Waals surface area (Å²) in [5.74, 6) is 5.15. The summed E-state index contributed by atoms with van der Waals surface area (Å²) in [6.07, 6.45) is 1.38. The maximum atomic E-state index is 12.6. The lowest BCUT2D eigenvalue weighted by Gasteiger charge is -2.21. The summed E-state index contributed by atoms with van der Waals surface area (Å²) < 4.78 is 107. The zero-order chi connectivity index (χ0) is 63.9. The van der Waals surface area contributed by atoms with Gasteiger partial charge >= 0.3 is 12.2 Å². The molecule has 2 aliphatic carbocycles. The van der Waals surface area contributed by atoms with Gasteiger partial charge in [0.25, 0.3) is 5.69 Å². The standard InChI is InChI=1S/C24H32NO8P.C19H23NO4.C11H14NO7P.C4H11O3P/c1-28-16-8-9-17-18(14-16)19(25-24(26)32-11-12-33-34(5,6)27)10-7-15-13-20(29-2)22(30-3)23(31-4)21(15)17;1-21-12-6-7-13-14(10-12)15(20)8-5-11-9-16(22-2)18(23-3)19(24-4)17(11)13;1-20(2,16)18-8-7-17-11(13)19-10-5-3-9(4-6-10)12(14)15;1-8(2,6)7-4-3-5/h8-9,13-14,19H,7,10-12H2,1-6H3,(H,25,26);6-7,9-10,15H,5,8,20H2,1-4H3;3-6H,7-8H2,1-2H3;5H,3-4H2,1-2H3/t19-;15-;;/m00../s1. The Morgan fingerprint density at radius 3 is 1.41 bits per heavy atom. The van der Waals surface area contributed by atoms with E-state index in [-0.39, 0.29) is 63.2 Å². The van der Waals surface area contributed by atoms with E-state index in [1.807, 2.05) is 48.5 Å². The number of carbonyl (C=O) groups is 2. The first kappa shape index (κ1) is 71.4. The fourth-order valence-corrected chi connectivity index (χ4v) is 10.4. The fourth-order valence-electron chi connectivity index (χ4n) is 8.84. The Hall–Kier alpha value is -7.07. The molecule has 4 N–H and O–H groups in total. The Bertz CT molecular complexity index is 3220. The molecule has 5 aromatic rings. The predicted octanol–water partition coefficient (Wildman–Crippen LogP) is 11.2. The van der Waals surface area contributed by atoms with Crippen molar-refractivity contribution in [2.45, 2.75) is 37.8 Å². The first-order chi connectivity index (χ1) is 40.7. The van der Waals surface area contributed by atoms with E-state index >= 15 is 0 Å². The molecule has 2 aliphatic rings. The normalized spacial score (nSPS) is 13.9. The third-order valence-electron chi connectivity index (χ3n) is 12.5. The van der Waals surface area contributed by atoms with Gasteiger partial charge in [0.05, 0.1) is 94.3 Å². The molecule has 5 aromatic carbocycles. The topological polar surface area (TPSA) is 316 Å². The number of methoxy groups -OCH3 is 8. The number of benzene rings is 5. The molecule has 28 heteroatoms. The molecular formula is C58H80N3O22P3. The molecule has 1 amide bonds. The van der Waals surface area contributed by atoms with E-state index in [4.69, 9.17) is 67.3 Å². The van der Waals surface area contributed by atoms with Crippen LogP contribution in [-0.2, 0) is 49.6 Å². The second-order valence-electron chi connectivity index (χ2n) is 19.7. The summed E-state index contributed by atoms with van der Waals surface area (Å²) in [6.45, 7) is 9.02. The molecule has 7 rings (SSSR count). The van der Waals surface area contributed by atoms with Crippen LogP contribution in [0, 0.1) is 10.1 Å². The molecule has 0 fully saturated rings. The van der Waals surface area contributed by atoms with Crippen molar-refractivity contribution in [3.63, 3.8) is 0 Å². The number of nitro groups is 1. The van der Waals surface area contributed by atoms with Crippen molar-refractivity contribution < 1.29 is 99.0 Å². The highest BCUT2D eigenvalue weighted by Crippen LogP contribution is 2.52. The van der Waals surface area contributed by atoms with Gasteiger partial charge in [0, 0.05) is 69.3 Å². The van der Waals surface area contributed by atoms with Crippen LogP contribution in [0.5, 0.6) is 51.7 Å². The third kappa shape index (κ3) is 21.4. The average molecular weight is 1260 g/mol. The fraction of sp³-hybridized carbons (Fsp3) is 0.448. The lowest BCUT2D eigenvalue weighted by molar-refractivity contribution is -0.384. The van der Waals surface area contributed by atoms with Crippen molar-refractivity contribution in [1.29, 1.82) is 0 Å². The highest BCUT2D eigenvalue weighted by molar-refractivity contribution is 7.57. The predicted molar refractivity (Wildman–Crippen MR) is 325 cm³/mol. The van der Waals surface area contributed by atoms with Crippen LogP contribution in [0.2, 0.25) is 0 Å². The highest BCUT2D eigenvalue weighted by atomic mass is 31.2. The lowest BCUT2D eigenvalue weighted by atomic mass is 9.93. The first-order valence-electron chi connectivity index (χ1n) is 26.7. The third-order valence-corrected chi connectivity index (χ3v) is 15.0. The SMILES string of the molecule is COc1ccc2c(c1)[C@@H](N)CCc1cc(OC)c(OC)c(OC)c1-2.COc1ccc2c(c1)[C@@H](NC(=O)OCCOP(C)(C)=O)CCc1cc(OC)c(OC)c(OC)c1-2.CP(C)(=O)OCCO.CP(C)(=O)OCCOC(=O)Oc1ccc([N+](=O)[O-])cc1. The lowest BCUT2D eigenvalue weighted by Crippen LogP contribution is -2.30. The minimum absolute atomic E-state index is 0.000358. The van der Waals surface area contributed by atoms with Gasteiger partial charge in [-0.3, -0.25) is 23.8 Å². The first-order valence-corrected chi connectivity index (χ1v) is 34.2. The van der Waals surface area contributed by atoms with Crippen LogP contribution in [0.15, 0.2) is 72.8 Å².